The zero-order valence-electron chi connectivity index (χ0n) is 22.9. The molecule has 1 saturated carbocycles. The molecule has 3 aromatic rings. The number of benzene rings is 1. The number of carbonyl (C=O) groups excluding carboxylic acids is 1. The van der Waals surface area contributed by atoms with Crippen molar-refractivity contribution in [2.75, 3.05) is 47.0 Å². The van der Waals surface area contributed by atoms with Crippen LogP contribution in [0, 0.1) is 12.8 Å². The highest BCUT2D eigenvalue weighted by Crippen LogP contribution is 2.33. The number of fused-ring (bicyclic) bond motifs is 3. The molecule has 1 aliphatic heterocycles. The van der Waals surface area contributed by atoms with Crippen LogP contribution in [-0.4, -0.2) is 89.6 Å². The van der Waals surface area contributed by atoms with Gasteiger partial charge in [-0.1, -0.05) is 7.43 Å². The number of pyridine rings is 1. The quantitative estimate of drug-likeness (QED) is 0.393. The summed E-state index contributed by atoms with van der Waals surface area (Å²) in [6.07, 6.45) is 6.11. The second-order valence-corrected chi connectivity index (χ2v) is 10.8. The van der Waals surface area contributed by atoms with E-state index in [1.165, 1.54) is 0 Å². The lowest BCUT2D eigenvalue weighted by Crippen LogP contribution is -2.53. The molecule has 0 radical (unpaired) electrons. The van der Waals surface area contributed by atoms with Crippen molar-refractivity contribution in [3.63, 3.8) is 0 Å². The number of halogens is 1. The molecule has 1 atom stereocenters. The summed E-state index contributed by atoms with van der Waals surface area (Å²) in [5.74, 6) is 0.527. The summed E-state index contributed by atoms with van der Waals surface area (Å²) in [5.41, 5.74) is 2.97. The Hall–Kier alpha value is -2.46. The molecule has 2 aromatic heterocycles. The highest BCUT2D eigenvalue weighted by molar-refractivity contribution is 6.07. The largest absolute Gasteiger partial charge is 0.385 e. The maximum Gasteiger partial charge on any atom is 0.259 e. The Morgan fingerprint density at radius 1 is 1.15 bits per heavy atom. The van der Waals surface area contributed by atoms with Gasteiger partial charge < -0.3 is 19.4 Å². The van der Waals surface area contributed by atoms with Crippen molar-refractivity contribution in [3.8, 4) is 0 Å². The Balaban J connectivity index is 0.00000210. The SMILES string of the molecule is C.COCCCCN1CCN(C(=O)c2cc3c(cc2C)[nH]c(=O)c2cnn(CC4CC(OC)C4)c23)C[C@H]1C.Cl. The number of amides is 1. The van der Waals surface area contributed by atoms with Gasteiger partial charge in [-0.25, -0.2) is 0 Å². The summed E-state index contributed by atoms with van der Waals surface area (Å²) >= 11 is 0. The average Bonchev–Trinajstić information content (AvgIpc) is 3.28. The van der Waals surface area contributed by atoms with Crippen LogP contribution in [0.25, 0.3) is 21.8 Å². The molecule has 2 fully saturated rings. The number of carbonyl (C=O) groups is 1. The molecule has 2 aliphatic rings. The molecule has 0 unspecified atom stereocenters. The van der Waals surface area contributed by atoms with E-state index in [0.29, 0.717) is 42.1 Å². The van der Waals surface area contributed by atoms with E-state index in [1.807, 2.05) is 28.6 Å². The van der Waals surface area contributed by atoms with Crippen molar-refractivity contribution in [2.45, 2.75) is 65.6 Å². The van der Waals surface area contributed by atoms with E-state index >= 15 is 0 Å². The zero-order valence-corrected chi connectivity index (χ0v) is 23.7. The number of unbranched alkanes of at least 4 members (excludes halogenated alkanes) is 1. The first kappa shape index (κ1) is 31.1. The zero-order chi connectivity index (χ0) is 26.1. The highest BCUT2D eigenvalue weighted by Gasteiger charge is 2.31. The molecule has 0 bridgehead atoms. The van der Waals surface area contributed by atoms with E-state index < -0.39 is 0 Å². The molecule has 9 nitrogen and oxygen atoms in total. The third-order valence-electron chi connectivity index (χ3n) is 8.24. The Morgan fingerprint density at radius 2 is 1.92 bits per heavy atom. The number of nitrogens with zero attached hydrogens (tertiary/aromatic N) is 4. The minimum absolute atomic E-state index is 0. The molecule has 5 rings (SSSR count). The van der Waals surface area contributed by atoms with E-state index in [2.05, 4.69) is 21.9 Å². The molecule has 1 amide bonds. The van der Waals surface area contributed by atoms with E-state index in [-0.39, 0.29) is 31.3 Å². The average molecular weight is 562 g/mol. The van der Waals surface area contributed by atoms with Crippen molar-refractivity contribution in [2.24, 2.45) is 5.92 Å². The number of H-pyrrole nitrogens is 1. The Morgan fingerprint density at radius 3 is 2.62 bits per heavy atom. The Bertz CT molecular complexity index is 1330. The molecule has 1 saturated heterocycles. The number of aromatic nitrogens is 3. The smallest absolute Gasteiger partial charge is 0.259 e. The van der Waals surface area contributed by atoms with Crippen LogP contribution in [-0.2, 0) is 16.0 Å². The molecule has 3 heterocycles. The van der Waals surface area contributed by atoms with Crippen LogP contribution in [0.2, 0.25) is 0 Å². The van der Waals surface area contributed by atoms with Crippen molar-refractivity contribution in [1.29, 1.82) is 0 Å². The number of methoxy groups -OCH3 is 2. The highest BCUT2D eigenvalue weighted by atomic mass is 35.5. The number of nitrogens with one attached hydrogen (secondary N) is 1. The van der Waals surface area contributed by atoms with Gasteiger partial charge in [0.1, 0.15) is 0 Å². The van der Waals surface area contributed by atoms with Crippen molar-refractivity contribution in [3.05, 3.63) is 39.8 Å². The lowest BCUT2D eigenvalue weighted by Gasteiger charge is -2.40. The third kappa shape index (κ3) is 6.32. The summed E-state index contributed by atoms with van der Waals surface area (Å²) in [4.78, 5) is 34.0. The van der Waals surface area contributed by atoms with Gasteiger partial charge in [-0.2, -0.15) is 5.10 Å². The lowest BCUT2D eigenvalue weighted by atomic mass is 9.82. The van der Waals surface area contributed by atoms with Gasteiger partial charge in [0, 0.05) is 64.0 Å². The topological polar surface area (TPSA) is 92.7 Å². The molecule has 216 valence electrons. The van der Waals surface area contributed by atoms with Crippen molar-refractivity contribution in [1.82, 2.24) is 24.6 Å². The minimum Gasteiger partial charge on any atom is -0.385 e. The van der Waals surface area contributed by atoms with Gasteiger partial charge in [0.05, 0.1) is 28.7 Å². The fourth-order valence-electron chi connectivity index (χ4n) is 5.91. The van der Waals surface area contributed by atoms with Crippen LogP contribution < -0.4 is 5.56 Å². The second kappa shape index (κ2) is 13.3. The predicted octanol–water partition coefficient (Wildman–Crippen LogP) is 4.24. The van der Waals surface area contributed by atoms with Gasteiger partial charge in [-0.15, -0.1) is 12.4 Å². The maximum absolute atomic E-state index is 13.7. The first-order valence-electron chi connectivity index (χ1n) is 13.5. The molecular weight excluding hydrogens is 518 g/mol. The monoisotopic (exact) mass is 561 g/mol. The van der Waals surface area contributed by atoms with Crippen LogP contribution >= 0.6 is 12.4 Å². The number of piperazine rings is 1. The minimum atomic E-state index is -0.147. The van der Waals surface area contributed by atoms with Gasteiger partial charge in [0.2, 0.25) is 0 Å². The van der Waals surface area contributed by atoms with Crippen molar-refractivity contribution < 1.29 is 14.3 Å². The van der Waals surface area contributed by atoms with Crippen LogP contribution in [0.5, 0.6) is 0 Å². The van der Waals surface area contributed by atoms with Crippen LogP contribution in [0.1, 0.15) is 56.0 Å². The van der Waals surface area contributed by atoms with E-state index in [9.17, 15) is 9.59 Å². The molecule has 1 aromatic carbocycles. The fourth-order valence-corrected chi connectivity index (χ4v) is 5.91. The summed E-state index contributed by atoms with van der Waals surface area (Å²) in [5, 5.41) is 6.00. The second-order valence-electron chi connectivity index (χ2n) is 10.8. The number of aryl methyl sites for hydroxylation is 1. The normalized spacial score (nSPS) is 21.4. The van der Waals surface area contributed by atoms with Crippen molar-refractivity contribution >= 4 is 40.1 Å². The summed E-state index contributed by atoms with van der Waals surface area (Å²) < 4.78 is 12.5. The lowest BCUT2D eigenvalue weighted by molar-refractivity contribution is -0.00504. The number of rotatable bonds is 9. The van der Waals surface area contributed by atoms with Gasteiger partial charge in [0.15, 0.2) is 0 Å². The summed E-state index contributed by atoms with van der Waals surface area (Å²) in [7, 11) is 3.49. The Kier molecular flexibility index (Phi) is 10.6. The third-order valence-corrected chi connectivity index (χ3v) is 8.24. The van der Waals surface area contributed by atoms with E-state index in [0.717, 1.165) is 73.9 Å². The van der Waals surface area contributed by atoms with Crippen LogP contribution in [0.3, 0.4) is 0 Å². The first-order chi connectivity index (χ1) is 17.9. The standard InChI is InChI=1S/C28H39N5O4.CH4.ClH/c1-18-11-25-23(26-24(27(34)30-25)15-29-33(26)17-20-12-21(13-20)37-4)14-22(18)28(35)32-9-8-31(19(2)16-32)7-5-6-10-36-3;;/h11,14-15,19-21H,5-10,12-13,16-17H2,1-4H3,(H,30,34);1H4;1H/t19-,20?,21?;;/m1../s1. The molecule has 10 heteroatoms. The van der Waals surface area contributed by atoms with Gasteiger partial charge >= 0.3 is 0 Å². The number of aromatic amines is 1. The van der Waals surface area contributed by atoms with Gasteiger partial charge in [-0.3, -0.25) is 19.2 Å². The van der Waals surface area contributed by atoms with Crippen LogP contribution in [0.15, 0.2) is 23.1 Å². The van der Waals surface area contributed by atoms with E-state index in [4.69, 9.17) is 9.47 Å². The number of ether oxygens (including phenoxy) is 2. The molecular formula is C29H44ClN5O4. The molecule has 1 N–H and O–H groups in total. The predicted molar refractivity (Wildman–Crippen MR) is 158 cm³/mol. The van der Waals surface area contributed by atoms with Gasteiger partial charge in [0.25, 0.3) is 11.5 Å². The van der Waals surface area contributed by atoms with Crippen LogP contribution in [0.4, 0.5) is 0 Å². The first-order valence-corrected chi connectivity index (χ1v) is 13.5. The molecule has 1 aliphatic carbocycles. The summed E-state index contributed by atoms with van der Waals surface area (Å²) in [6.45, 7) is 9.01. The fraction of sp³-hybridized carbons (Fsp3) is 0.621. The van der Waals surface area contributed by atoms with E-state index in [1.54, 1.807) is 20.4 Å². The number of hydrogen-bond acceptors (Lipinski definition) is 6. The molecule has 39 heavy (non-hydrogen) atoms. The Labute approximate surface area is 237 Å². The summed E-state index contributed by atoms with van der Waals surface area (Å²) in [6, 6.07) is 4.20. The number of hydrogen-bond donors (Lipinski definition) is 1. The maximum atomic E-state index is 13.7. The molecule has 0 spiro atoms. The van der Waals surface area contributed by atoms with Gasteiger partial charge in [-0.05, 0) is 69.7 Å².